The molecule has 0 aliphatic rings. The summed E-state index contributed by atoms with van der Waals surface area (Å²) >= 11 is 0. The summed E-state index contributed by atoms with van der Waals surface area (Å²) in [5.41, 5.74) is 1.76. The van der Waals surface area contributed by atoms with E-state index >= 15 is 0 Å². The highest BCUT2D eigenvalue weighted by atomic mass is 16.5. The quantitative estimate of drug-likeness (QED) is 0.436. The second kappa shape index (κ2) is 8.55. The summed E-state index contributed by atoms with van der Waals surface area (Å²) in [5, 5.41) is 9.10. The zero-order valence-electron chi connectivity index (χ0n) is 17.9. The summed E-state index contributed by atoms with van der Waals surface area (Å²) in [6.07, 6.45) is 1.60. The molecule has 2 aromatic heterocycles. The van der Waals surface area contributed by atoms with Crippen LogP contribution in [0.5, 0.6) is 5.75 Å². The van der Waals surface area contributed by atoms with Gasteiger partial charge in [-0.1, -0.05) is 36.4 Å². The highest BCUT2D eigenvalue weighted by Crippen LogP contribution is 2.20. The number of benzene rings is 3. The average molecular weight is 436 g/mol. The summed E-state index contributed by atoms with van der Waals surface area (Å²) < 4.78 is 6.72. The third kappa shape index (κ3) is 3.92. The van der Waals surface area contributed by atoms with Crippen LogP contribution in [0.3, 0.4) is 0 Å². The van der Waals surface area contributed by atoms with Gasteiger partial charge in [-0.05, 0) is 49.4 Å². The second-order valence-electron chi connectivity index (χ2n) is 7.41. The normalized spacial score (nSPS) is 10.9. The van der Waals surface area contributed by atoms with Crippen molar-refractivity contribution in [3.05, 3.63) is 101 Å². The zero-order valence-corrected chi connectivity index (χ0v) is 17.9. The van der Waals surface area contributed by atoms with Gasteiger partial charge in [0.2, 0.25) is 0 Å². The zero-order chi connectivity index (χ0) is 22.8. The van der Waals surface area contributed by atoms with Crippen LogP contribution in [0.1, 0.15) is 17.4 Å². The van der Waals surface area contributed by atoms with E-state index in [4.69, 9.17) is 4.74 Å². The molecule has 5 aromatic rings. The molecule has 5 rings (SSSR count). The van der Waals surface area contributed by atoms with Crippen LogP contribution in [0.15, 0.2) is 89.9 Å². The van der Waals surface area contributed by atoms with E-state index in [1.54, 1.807) is 54.7 Å². The van der Waals surface area contributed by atoms with Gasteiger partial charge in [0, 0.05) is 10.8 Å². The lowest BCUT2D eigenvalue weighted by Gasteiger charge is -2.12. The fourth-order valence-electron chi connectivity index (χ4n) is 3.71. The molecular formula is C26H20N4O3. The van der Waals surface area contributed by atoms with Crippen LogP contribution in [0.4, 0.5) is 5.69 Å². The number of ether oxygens (including phenoxy) is 1. The maximum atomic E-state index is 13.3. The van der Waals surface area contributed by atoms with Crippen LogP contribution in [0.2, 0.25) is 0 Å². The fraction of sp³-hybridized carbons (Fsp3) is 0.0769. The first-order chi connectivity index (χ1) is 16.1. The molecule has 162 valence electrons. The van der Waals surface area contributed by atoms with E-state index in [-0.39, 0.29) is 11.3 Å². The molecule has 7 heteroatoms. The molecule has 2 heterocycles. The molecule has 0 radical (unpaired) electrons. The van der Waals surface area contributed by atoms with Crippen LogP contribution >= 0.6 is 0 Å². The van der Waals surface area contributed by atoms with Gasteiger partial charge in [0.15, 0.2) is 5.69 Å². The number of para-hydroxylation sites is 1. The predicted octanol–water partition coefficient (Wildman–Crippen LogP) is 4.58. The Balaban J connectivity index is 1.58. The Bertz CT molecular complexity index is 1540. The third-order valence-corrected chi connectivity index (χ3v) is 5.26. The van der Waals surface area contributed by atoms with Crippen molar-refractivity contribution < 1.29 is 9.53 Å². The number of fused-ring (bicyclic) bond motifs is 2. The second-order valence-corrected chi connectivity index (χ2v) is 7.41. The van der Waals surface area contributed by atoms with E-state index in [1.165, 1.54) is 4.68 Å². The van der Waals surface area contributed by atoms with E-state index in [2.05, 4.69) is 15.4 Å². The number of nitrogens with zero attached hydrogens (tertiary/aromatic N) is 3. The lowest BCUT2D eigenvalue weighted by atomic mass is 10.1. The van der Waals surface area contributed by atoms with Crippen molar-refractivity contribution in [1.29, 1.82) is 0 Å². The number of anilines is 1. The maximum Gasteiger partial charge on any atom is 0.279 e. The molecule has 0 saturated heterocycles. The molecule has 33 heavy (non-hydrogen) atoms. The molecule has 0 unspecified atom stereocenters. The number of hydrogen-bond acceptors (Lipinski definition) is 5. The number of nitrogens with one attached hydrogen (secondary N) is 1. The van der Waals surface area contributed by atoms with E-state index in [0.717, 1.165) is 10.9 Å². The first-order valence-electron chi connectivity index (χ1n) is 10.6. The number of rotatable bonds is 5. The van der Waals surface area contributed by atoms with E-state index in [1.807, 2.05) is 37.3 Å². The molecule has 1 N–H and O–H groups in total. The number of amides is 1. The monoisotopic (exact) mass is 436 g/mol. The van der Waals surface area contributed by atoms with Gasteiger partial charge in [-0.3, -0.25) is 14.6 Å². The van der Waals surface area contributed by atoms with Gasteiger partial charge >= 0.3 is 0 Å². The summed E-state index contributed by atoms with van der Waals surface area (Å²) in [6.45, 7) is 2.45. The number of aromatic nitrogens is 3. The van der Waals surface area contributed by atoms with Crippen molar-refractivity contribution >= 4 is 33.3 Å². The van der Waals surface area contributed by atoms with Gasteiger partial charge in [0.25, 0.3) is 11.5 Å². The first-order valence-corrected chi connectivity index (χ1v) is 10.6. The van der Waals surface area contributed by atoms with Gasteiger partial charge < -0.3 is 10.1 Å². The minimum Gasteiger partial charge on any atom is -0.494 e. The molecule has 0 saturated carbocycles. The average Bonchev–Trinajstić information content (AvgIpc) is 2.85. The SMILES string of the molecule is CCOc1ccc(-n2nc(C(=O)Nc3cnc4ccccc4c3)c3ccccc3c2=O)cc1. The Labute approximate surface area is 189 Å². The van der Waals surface area contributed by atoms with E-state index in [9.17, 15) is 9.59 Å². The summed E-state index contributed by atoms with van der Waals surface area (Å²) in [7, 11) is 0. The largest absolute Gasteiger partial charge is 0.494 e. The molecule has 0 aliphatic heterocycles. The smallest absolute Gasteiger partial charge is 0.279 e. The molecule has 0 fully saturated rings. The van der Waals surface area contributed by atoms with Crippen LogP contribution < -0.4 is 15.6 Å². The van der Waals surface area contributed by atoms with Gasteiger partial charge in [0.05, 0.1) is 35.1 Å². The Morgan fingerprint density at radius 3 is 2.48 bits per heavy atom. The van der Waals surface area contributed by atoms with Crippen LogP contribution in [0, 0.1) is 0 Å². The van der Waals surface area contributed by atoms with Crippen molar-refractivity contribution in [3.63, 3.8) is 0 Å². The van der Waals surface area contributed by atoms with Crippen molar-refractivity contribution in [3.8, 4) is 11.4 Å². The minimum atomic E-state index is -0.428. The Morgan fingerprint density at radius 2 is 1.70 bits per heavy atom. The lowest BCUT2D eigenvalue weighted by Crippen LogP contribution is -2.26. The molecule has 0 bridgehead atoms. The van der Waals surface area contributed by atoms with Gasteiger partial charge in [0.1, 0.15) is 5.75 Å². The number of pyridine rings is 1. The summed E-state index contributed by atoms with van der Waals surface area (Å²) in [4.78, 5) is 30.8. The Kier molecular flexibility index (Phi) is 5.28. The Morgan fingerprint density at radius 1 is 0.970 bits per heavy atom. The molecule has 0 aliphatic carbocycles. The summed E-state index contributed by atoms with van der Waals surface area (Å²) in [6, 6.07) is 23.5. The van der Waals surface area contributed by atoms with Crippen molar-refractivity contribution in [2.24, 2.45) is 0 Å². The first kappa shape index (κ1) is 20.4. The topological polar surface area (TPSA) is 86.1 Å². The van der Waals surface area contributed by atoms with Gasteiger partial charge in [-0.2, -0.15) is 9.78 Å². The third-order valence-electron chi connectivity index (χ3n) is 5.26. The molecular weight excluding hydrogens is 416 g/mol. The van der Waals surface area contributed by atoms with Gasteiger partial charge in [-0.25, -0.2) is 0 Å². The highest BCUT2D eigenvalue weighted by Gasteiger charge is 2.18. The van der Waals surface area contributed by atoms with E-state index < -0.39 is 5.91 Å². The van der Waals surface area contributed by atoms with Crippen molar-refractivity contribution in [1.82, 2.24) is 14.8 Å². The number of carbonyl (C=O) groups is 1. The number of hydrogen-bond donors (Lipinski definition) is 1. The molecule has 1 amide bonds. The van der Waals surface area contributed by atoms with Gasteiger partial charge in [-0.15, -0.1) is 0 Å². The molecule has 0 atom stereocenters. The minimum absolute atomic E-state index is 0.146. The standard InChI is InChI=1S/C26H20N4O3/c1-2-33-20-13-11-19(12-14-20)30-26(32)22-9-5-4-8-21(22)24(29-30)25(31)28-18-15-17-7-3-6-10-23(17)27-16-18/h3-16H,2H2,1H3,(H,28,31). The van der Waals surface area contributed by atoms with Crippen LogP contribution in [0.25, 0.3) is 27.4 Å². The van der Waals surface area contributed by atoms with Crippen LogP contribution in [-0.4, -0.2) is 27.3 Å². The van der Waals surface area contributed by atoms with E-state index in [0.29, 0.717) is 34.5 Å². The van der Waals surface area contributed by atoms with Crippen LogP contribution in [-0.2, 0) is 0 Å². The molecule has 7 nitrogen and oxygen atoms in total. The molecule has 0 spiro atoms. The lowest BCUT2D eigenvalue weighted by molar-refractivity contribution is 0.102. The fourth-order valence-corrected chi connectivity index (χ4v) is 3.71. The summed E-state index contributed by atoms with van der Waals surface area (Å²) in [5.74, 6) is 0.264. The number of carbonyl (C=O) groups excluding carboxylic acids is 1. The highest BCUT2D eigenvalue weighted by molar-refractivity contribution is 6.11. The maximum absolute atomic E-state index is 13.3. The predicted molar refractivity (Wildman–Crippen MR) is 128 cm³/mol. The van der Waals surface area contributed by atoms with Crippen molar-refractivity contribution in [2.45, 2.75) is 6.92 Å². The van der Waals surface area contributed by atoms with Crippen molar-refractivity contribution in [2.75, 3.05) is 11.9 Å². The Hall–Kier alpha value is -4.52. The molecule has 3 aromatic carbocycles.